The van der Waals surface area contributed by atoms with Crippen LogP contribution in [0.1, 0.15) is 30.8 Å². The van der Waals surface area contributed by atoms with Crippen LogP contribution in [0.15, 0.2) is 46.9 Å². The zero-order chi connectivity index (χ0) is 18.3. The predicted molar refractivity (Wildman–Crippen MR) is 111 cm³/mol. The molecule has 2 aromatic heterocycles. The van der Waals surface area contributed by atoms with E-state index in [0.29, 0.717) is 5.82 Å². The van der Waals surface area contributed by atoms with E-state index < -0.39 is 0 Å². The maximum Gasteiger partial charge on any atom is 0.152 e. The molecule has 0 saturated heterocycles. The third-order valence-electron chi connectivity index (χ3n) is 4.83. The van der Waals surface area contributed by atoms with E-state index in [2.05, 4.69) is 69.7 Å². The molecule has 0 aliphatic heterocycles. The van der Waals surface area contributed by atoms with Crippen molar-refractivity contribution in [3.63, 3.8) is 0 Å². The maximum absolute atomic E-state index is 6.24. The number of rotatable bonds is 4. The SMILES string of the molecule is CCc1ccc(Cn2c(CC)nc3c(N)nc4cc(Br)ccc4c32)cc1. The summed E-state index contributed by atoms with van der Waals surface area (Å²) in [6.45, 7) is 5.08. The highest BCUT2D eigenvalue weighted by atomic mass is 79.9. The topological polar surface area (TPSA) is 56.7 Å². The zero-order valence-corrected chi connectivity index (χ0v) is 16.5. The quantitative estimate of drug-likeness (QED) is 0.510. The van der Waals surface area contributed by atoms with E-state index in [1.54, 1.807) is 0 Å². The molecule has 0 radical (unpaired) electrons. The minimum atomic E-state index is 0.486. The predicted octanol–water partition coefficient (Wildman–Crippen LogP) is 5.10. The lowest BCUT2D eigenvalue weighted by atomic mass is 10.1. The first-order valence-electron chi connectivity index (χ1n) is 8.92. The Hall–Kier alpha value is -2.40. The molecule has 4 nitrogen and oxygen atoms in total. The molecule has 4 rings (SSSR count). The summed E-state index contributed by atoms with van der Waals surface area (Å²) >= 11 is 3.52. The van der Waals surface area contributed by atoms with Gasteiger partial charge in [0, 0.05) is 22.8 Å². The Labute approximate surface area is 161 Å². The van der Waals surface area contributed by atoms with Crippen molar-refractivity contribution in [3.8, 4) is 0 Å². The Morgan fingerprint density at radius 3 is 2.38 bits per heavy atom. The van der Waals surface area contributed by atoms with Crippen molar-refractivity contribution in [1.29, 1.82) is 0 Å². The van der Waals surface area contributed by atoms with Crippen LogP contribution in [0.4, 0.5) is 5.82 Å². The molecule has 0 fully saturated rings. The summed E-state index contributed by atoms with van der Waals surface area (Å²) in [4.78, 5) is 9.35. The summed E-state index contributed by atoms with van der Waals surface area (Å²) in [7, 11) is 0. The van der Waals surface area contributed by atoms with Gasteiger partial charge in [-0.1, -0.05) is 54.0 Å². The van der Waals surface area contributed by atoms with Crippen LogP contribution >= 0.6 is 15.9 Å². The Morgan fingerprint density at radius 1 is 0.962 bits per heavy atom. The highest BCUT2D eigenvalue weighted by Gasteiger charge is 2.17. The number of halogens is 1. The number of aromatic nitrogens is 3. The number of imidazole rings is 1. The summed E-state index contributed by atoms with van der Waals surface area (Å²) in [5.74, 6) is 1.52. The van der Waals surface area contributed by atoms with Crippen molar-refractivity contribution in [1.82, 2.24) is 14.5 Å². The number of aryl methyl sites for hydroxylation is 2. The molecule has 0 spiro atoms. The molecule has 0 unspecified atom stereocenters. The molecule has 26 heavy (non-hydrogen) atoms. The average molecular weight is 409 g/mol. The second-order valence-corrected chi connectivity index (χ2v) is 7.41. The Morgan fingerprint density at radius 2 is 1.69 bits per heavy atom. The second-order valence-electron chi connectivity index (χ2n) is 6.49. The van der Waals surface area contributed by atoms with Gasteiger partial charge in [0.05, 0.1) is 11.0 Å². The van der Waals surface area contributed by atoms with Crippen molar-refractivity contribution < 1.29 is 0 Å². The second kappa shape index (κ2) is 6.72. The number of hydrogen-bond donors (Lipinski definition) is 1. The number of benzene rings is 2. The molecule has 0 atom stereocenters. The molecule has 2 N–H and O–H groups in total. The van der Waals surface area contributed by atoms with Gasteiger partial charge in [-0.15, -0.1) is 0 Å². The van der Waals surface area contributed by atoms with Crippen LogP contribution in [-0.4, -0.2) is 14.5 Å². The smallest absolute Gasteiger partial charge is 0.152 e. The Kier molecular flexibility index (Phi) is 4.41. The molecule has 0 amide bonds. The standard InChI is InChI=1S/C21H21BrN4/c1-3-13-5-7-14(8-6-13)12-26-18(4-2)25-19-20(26)16-10-9-15(22)11-17(16)24-21(19)23/h5-11H,3-4,12H2,1-2H3,(H2,23,24). The Bertz CT molecular complexity index is 1100. The van der Waals surface area contributed by atoms with Crippen LogP contribution in [-0.2, 0) is 19.4 Å². The molecule has 2 aromatic carbocycles. The van der Waals surface area contributed by atoms with Gasteiger partial charge in [-0.05, 0) is 35.7 Å². The third kappa shape index (κ3) is 2.86. The van der Waals surface area contributed by atoms with Gasteiger partial charge in [-0.2, -0.15) is 0 Å². The van der Waals surface area contributed by atoms with E-state index in [9.17, 15) is 0 Å². The van der Waals surface area contributed by atoms with Crippen molar-refractivity contribution in [3.05, 3.63) is 63.9 Å². The van der Waals surface area contributed by atoms with Gasteiger partial charge in [0.2, 0.25) is 0 Å². The highest BCUT2D eigenvalue weighted by Crippen LogP contribution is 2.31. The van der Waals surface area contributed by atoms with Crippen molar-refractivity contribution in [2.45, 2.75) is 33.2 Å². The van der Waals surface area contributed by atoms with Crippen LogP contribution in [0.3, 0.4) is 0 Å². The molecule has 0 bridgehead atoms. The van der Waals surface area contributed by atoms with E-state index >= 15 is 0 Å². The summed E-state index contributed by atoms with van der Waals surface area (Å²) in [5, 5.41) is 1.08. The zero-order valence-electron chi connectivity index (χ0n) is 15.0. The molecule has 132 valence electrons. The fourth-order valence-electron chi connectivity index (χ4n) is 3.43. The van der Waals surface area contributed by atoms with Gasteiger partial charge in [0.1, 0.15) is 11.3 Å². The van der Waals surface area contributed by atoms with Crippen LogP contribution < -0.4 is 5.73 Å². The number of hydrogen-bond acceptors (Lipinski definition) is 3. The monoisotopic (exact) mass is 408 g/mol. The fraction of sp³-hybridized carbons (Fsp3) is 0.238. The van der Waals surface area contributed by atoms with Gasteiger partial charge in [-0.25, -0.2) is 9.97 Å². The van der Waals surface area contributed by atoms with Gasteiger partial charge < -0.3 is 10.3 Å². The number of nitrogens with zero attached hydrogens (tertiary/aromatic N) is 3. The number of nitrogen functional groups attached to an aromatic ring is 1. The van der Waals surface area contributed by atoms with E-state index in [0.717, 1.165) is 51.6 Å². The normalized spacial score (nSPS) is 11.5. The third-order valence-corrected chi connectivity index (χ3v) is 5.33. The number of pyridine rings is 1. The summed E-state index contributed by atoms with van der Waals surface area (Å²) in [6.07, 6.45) is 1.90. The number of nitrogens with two attached hydrogens (primary N) is 1. The van der Waals surface area contributed by atoms with Crippen molar-refractivity contribution >= 4 is 43.7 Å². The summed E-state index contributed by atoms with van der Waals surface area (Å²) in [6, 6.07) is 14.9. The van der Waals surface area contributed by atoms with Crippen molar-refractivity contribution in [2.24, 2.45) is 0 Å². The number of anilines is 1. The lowest BCUT2D eigenvalue weighted by molar-refractivity contribution is 0.754. The summed E-state index contributed by atoms with van der Waals surface area (Å²) in [5.41, 5.74) is 11.6. The Balaban J connectivity index is 1.95. The van der Waals surface area contributed by atoms with E-state index in [1.165, 1.54) is 11.1 Å². The first kappa shape index (κ1) is 17.0. The van der Waals surface area contributed by atoms with Crippen LogP contribution in [0.5, 0.6) is 0 Å². The summed E-state index contributed by atoms with van der Waals surface area (Å²) < 4.78 is 3.28. The van der Waals surface area contributed by atoms with E-state index in [-0.39, 0.29) is 0 Å². The number of fused-ring (bicyclic) bond motifs is 3. The fourth-order valence-corrected chi connectivity index (χ4v) is 3.78. The van der Waals surface area contributed by atoms with Crippen molar-refractivity contribution in [2.75, 3.05) is 5.73 Å². The maximum atomic E-state index is 6.24. The molecular formula is C21H21BrN4. The largest absolute Gasteiger partial charge is 0.382 e. The molecule has 2 heterocycles. The average Bonchev–Trinajstić information content (AvgIpc) is 3.01. The molecule has 0 aliphatic rings. The lowest BCUT2D eigenvalue weighted by Gasteiger charge is -2.11. The minimum absolute atomic E-state index is 0.486. The van der Waals surface area contributed by atoms with Gasteiger partial charge in [-0.3, -0.25) is 0 Å². The first-order valence-corrected chi connectivity index (χ1v) is 9.71. The van der Waals surface area contributed by atoms with Crippen LogP contribution in [0.2, 0.25) is 0 Å². The molecular weight excluding hydrogens is 388 g/mol. The van der Waals surface area contributed by atoms with Crippen LogP contribution in [0.25, 0.3) is 21.9 Å². The van der Waals surface area contributed by atoms with Gasteiger partial charge in [0.15, 0.2) is 5.82 Å². The highest BCUT2D eigenvalue weighted by molar-refractivity contribution is 9.10. The molecule has 4 aromatic rings. The lowest BCUT2D eigenvalue weighted by Crippen LogP contribution is -2.05. The molecule has 0 aliphatic carbocycles. The van der Waals surface area contributed by atoms with Crippen LogP contribution in [0, 0.1) is 0 Å². The molecule has 5 heteroatoms. The van der Waals surface area contributed by atoms with Gasteiger partial charge in [0.25, 0.3) is 0 Å². The van der Waals surface area contributed by atoms with E-state index in [1.807, 2.05) is 12.1 Å². The van der Waals surface area contributed by atoms with Gasteiger partial charge >= 0.3 is 0 Å². The first-order chi connectivity index (χ1) is 12.6. The molecule has 0 saturated carbocycles. The minimum Gasteiger partial charge on any atom is -0.382 e. The van der Waals surface area contributed by atoms with E-state index in [4.69, 9.17) is 10.7 Å².